The number of amides is 1. The van der Waals surface area contributed by atoms with Crippen molar-refractivity contribution in [3.05, 3.63) is 100 Å². The third kappa shape index (κ3) is 5.05. The third-order valence-electron chi connectivity index (χ3n) is 6.60. The SMILES string of the molecule is CCCOc1ccc(/C(O)=C2\C(=O)C(=O)N(c3cccc(C(=O)OC)c3)C2c2ccc(CC)cc2)cc1C. The lowest BCUT2D eigenvalue weighted by Crippen LogP contribution is -2.29. The molecule has 3 aromatic rings. The van der Waals surface area contributed by atoms with Crippen LogP contribution in [0.2, 0.25) is 0 Å². The van der Waals surface area contributed by atoms with Crippen molar-refractivity contribution in [2.45, 2.75) is 39.7 Å². The minimum absolute atomic E-state index is 0.0238. The molecule has 38 heavy (non-hydrogen) atoms. The summed E-state index contributed by atoms with van der Waals surface area (Å²) >= 11 is 0. The van der Waals surface area contributed by atoms with Crippen molar-refractivity contribution in [3.8, 4) is 5.75 Å². The third-order valence-corrected chi connectivity index (χ3v) is 6.60. The van der Waals surface area contributed by atoms with Gasteiger partial charge < -0.3 is 14.6 Å². The second-order valence-electron chi connectivity index (χ2n) is 9.13. The molecular weight excluding hydrogens is 482 g/mol. The molecule has 1 aliphatic heterocycles. The highest BCUT2D eigenvalue weighted by molar-refractivity contribution is 6.51. The van der Waals surface area contributed by atoms with E-state index < -0.39 is 23.7 Å². The molecule has 0 radical (unpaired) electrons. The van der Waals surface area contributed by atoms with Crippen molar-refractivity contribution in [2.75, 3.05) is 18.6 Å². The topological polar surface area (TPSA) is 93.1 Å². The van der Waals surface area contributed by atoms with E-state index in [1.54, 1.807) is 36.4 Å². The number of nitrogens with zero attached hydrogens (tertiary/aromatic N) is 1. The minimum atomic E-state index is -0.898. The second kappa shape index (κ2) is 11.3. The van der Waals surface area contributed by atoms with Gasteiger partial charge in [0.2, 0.25) is 0 Å². The molecule has 7 heteroatoms. The van der Waals surface area contributed by atoms with Crippen LogP contribution in [0.1, 0.15) is 58.9 Å². The molecule has 1 atom stereocenters. The molecule has 4 rings (SSSR count). The summed E-state index contributed by atoms with van der Waals surface area (Å²) in [6.07, 6.45) is 1.69. The van der Waals surface area contributed by atoms with Crippen LogP contribution in [0.3, 0.4) is 0 Å². The summed E-state index contributed by atoms with van der Waals surface area (Å²) in [7, 11) is 1.27. The van der Waals surface area contributed by atoms with E-state index in [1.807, 2.05) is 45.0 Å². The molecule has 1 fully saturated rings. The summed E-state index contributed by atoms with van der Waals surface area (Å²) in [6.45, 7) is 6.48. The Morgan fingerprint density at radius 2 is 1.71 bits per heavy atom. The molecular formula is C31H31NO6. The van der Waals surface area contributed by atoms with Crippen LogP contribution < -0.4 is 9.64 Å². The maximum Gasteiger partial charge on any atom is 0.337 e. The van der Waals surface area contributed by atoms with Gasteiger partial charge in [-0.25, -0.2) is 4.79 Å². The van der Waals surface area contributed by atoms with Crippen molar-refractivity contribution in [1.82, 2.24) is 0 Å². The van der Waals surface area contributed by atoms with Crippen LogP contribution in [-0.4, -0.2) is 36.5 Å². The van der Waals surface area contributed by atoms with Crippen molar-refractivity contribution in [1.29, 1.82) is 0 Å². The molecule has 1 amide bonds. The van der Waals surface area contributed by atoms with Gasteiger partial charge in [-0.05, 0) is 72.9 Å². The van der Waals surface area contributed by atoms with Gasteiger partial charge in [-0.15, -0.1) is 0 Å². The van der Waals surface area contributed by atoms with Gasteiger partial charge in [0.05, 0.1) is 30.9 Å². The van der Waals surface area contributed by atoms with Crippen LogP contribution >= 0.6 is 0 Å². The number of ether oxygens (including phenoxy) is 2. The van der Waals surface area contributed by atoms with Crippen LogP contribution in [0.5, 0.6) is 5.75 Å². The predicted molar refractivity (Wildman–Crippen MR) is 145 cm³/mol. The van der Waals surface area contributed by atoms with Crippen LogP contribution in [0.25, 0.3) is 5.76 Å². The summed E-state index contributed by atoms with van der Waals surface area (Å²) in [5.74, 6) is -1.75. The number of Topliss-reactive ketones (excluding diaryl/α,β-unsaturated/α-hetero) is 1. The molecule has 7 nitrogen and oxygen atoms in total. The Kier molecular flexibility index (Phi) is 7.96. The number of aryl methyl sites for hydroxylation is 2. The Morgan fingerprint density at radius 3 is 2.34 bits per heavy atom. The van der Waals surface area contributed by atoms with Gasteiger partial charge >= 0.3 is 5.97 Å². The average Bonchev–Trinajstić information content (AvgIpc) is 3.21. The van der Waals surface area contributed by atoms with Gasteiger partial charge in [-0.3, -0.25) is 14.5 Å². The lowest BCUT2D eigenvalue weighted by atomic mass is 9.93. The first-order valence-corrected chi connectivity index (χ1v) is 12.6. The molecule has 196 valence electrons. The van der Waals surface area contributed by atoms with Crippen molar-refractivity contribution >= 4 is 29.1 Å². The Labute approximate surface area is 222 Å². The summed E-state index contributed by atoms with van der Waals surface area (Å²) in [4.78, 5) is 40.4. The van der Waals surface area contributed by atoms with E-state index in [2.05, 4.69) is 0 Å². The number of rotatable bonds is 8. The van der Waals surface area contributed by atoms with Crippen LogP contribution in [0.15, 0.2) is 72.3 Å². The number of carbonyl (C=O) groups excluding carboxylic acids is 3. The highest BCUT2D eigenvalue weighted by atomic mass is 16.5. The Morgan fingerprint density at radius 1 is 0.974 bits per heavy atom. The van der Waals surface area contributed by atoms with Crippen LogP contribution in [0, 0.1) is 6.92 Å². The lowest BCUT2D eigenvalue weighted by molar-refractivity contribution is -0.132. The fourth-order valence-corrected chi connectivity index (χ4v) is 4.58. The van der Waals surface area contributed by atoms with Crippen LogP contribution in [0.4, 0.5) is 5.69 Å². The quantitative estimate of drug-likeness (QED) is 0.178. The predicted octanol–water partition coefficient (Wildman–Crippen LogP) is 5.76. The van der Waals surface area contributed by atoms with E-state index in [1.165, 1.54) is 18.1 Å². The molecule has 0 saturated carbocycles. The lowest BCUT2D eigenvalue weighted by Gasteiger charge is -2.26. The van der Waals surface area contributed by atoms with E-state index in [4.69, 9.17) is 9.47 Å². The smallest absolute Gasteiger partial charge is 0.337 e. The fraction of sp³-hybridized carbons (Fsp3) is 0.258. The van der Waals surface area contributed by atoms with Gasteiger partial charge in [0.15, 0.2) is 0 Å². The zero-order chi connectivity index (χ0) is 27.4. The molecule has 0 aliphatic carbocycles. The Bertz CT molecular complexity index is 1410. The highest BCUT2D eigenvalue weighted by Gasteiger charge is 2.47. The number of anilines is 1. The van der Waals surface area contributed by atoms with Gasteiger partial charge in [0.25, 0.3) is 11.7 Å². The fourth-order valence-electron chi connectivity index (χ4n) is 4.58. The first-order valence-electron chi connectivity index (χ1n) is 12.6. The number of hydrogen-bond donors (Lipinski definition) is 1. The van der Waals surface area contributed by atoms with E-state index in [-0.39, 0.29) is 16.9 Å². The summed E-state index contributed by atoms with van der Waals surface area (Å²) < 4.78 is 10.6. The minimum Gasteiger partial charge on any atom is -0.507 e. The maximum atomic E-state index is 13.5. The van der Waals surface area contributed by atoms with Gasteiger partial charge in [0.1, 0.15) is 11.5 Å². The zero-order valence-corrected chi connectivity index (χ0v) is 22.0. The summed E-state index contributed by atoms with van der Waals surface area (Å²) in [6, 6.07) is 18.2. The van der Waals surface area contributed by atoms with Gasteiger partial charge in [0, 0.05) is 11.3 Å². The molecule has 0 spiro atoms. The molecule has 1 N–H and O–H groups in total. The van der Waals surface area contributed by atoms with Crippen LogP contribution in [-0.2, 0) is 20.7 Å². The average molecular weight is 514 g/mol. The van der Waals surface area contributed by atoms with E-state index in [0.717, 1.165) is 24.0 Å². The summed E-state index contributed by atoms with van der Waals surface area (Å²) in [5, 5.41) is 11.4. The van der Waals surface area contributed by atoms with Gasteiger partial charge in [-0.2, -0.15) is 0 Å². The number of aliphatic hydroxyl groups excluding tert-OH is 1. The van der Waals surface area contributed by atoms with Crippen molar-refractivity contribution in [3.63, 3.8) is 0 Å². The number of aliphatic hydroxyl groups is 1. The number of methoxy groups -OCH3 is 1. The highest BCUT2D eigenvalue weighted by Crippen LogP contribution is 2.42. The zero-order valence-electron chi connectivity index (χ0n) is 22.0. The summed E-state index contributed by atoms with van der Waals surface area (Å²) in [5.41, 5.74) is 3.52. The molecule has 1 unspecified atom stereocenters. The number of esters is 1. The molecule has 0 bridgehead atoms. The first kappa shape index (κ1) is 26.7. The number of hydrogen-bond acceptors (Lipinski definition) is 6. The Balaban J connectivity index is 1.88. The van der Waals surface area contributed by atoms with E-state index in [0.29, 0.717) is 29.2 Å². The number of ketones is 1. The monoisotopic (exact) mass is 513 g/mol. The van der Waals surface area contributed by atoms with Crippen molar-refractivity contribution < 1.29 is 29.0 Å². The number of benzene rings is 3. The normalized spacial score (nSPS) is 16.5. The standard InChI is InChI=1S/C31H31NO6/c1-5-16-38-25-15-14-22(17-19(25)3)28(33)26-27(21-12-10-20(6-2)11-13-21)32(30(35)29(26)34)24-9-7-8-23(18-24)31(36)37-4/h7-15,17-18,27,33H,5-6,16H2,1-4H3/b28-26+. The Hall–Kier alpha value is -4.39. The molecule has 0 aromatic heterocycles. The van der Waals surface area contributed by atoms with E-state index in [9.17, 15) is 19.5 Å². The van der Waals surface area contributed by atoms with Gasteiger partial charge in [-0.1, -0.05) is 44.2 Å². The number of carbonyl (C=O) groups is 3. The second-order valence-corrected chi connectivity index (χ2v) is 9.13. The molecule has 1 aliphatic rings. The maximum absolute atomic E-state index is 13.5. The molecule has 1 saturated heterocycles. The largest absolute Gasteiger partial charge is 0.507 e. The molecule has 3 aromatic carbocycles. The van der Waals surface area contributed by atoms with Crippen molar-refractivity contribution in [2.24, 2.45) is 0 Å². The first-order chi connectivity index (χ1) is 18.3. The molecule has 1 heterocycles. The van der Waals surface area contributed by atoms with E-state index >= 15 is 0 Å².